The topological polar surface area (TPSA) is 45.8 Å². The number of H-pyrrole nitrogens is 1. The van der Waals surface area contributed by atoms with Crippen LogP contribution in [0, 0.1) is 5.92 Å². The highest BCUT2D eigenvalue weighted by Crippen LogP contribution is 2.36. The summed E-state index contributed by atoms with van der Waals surface area (Å²) in [5.74, 6) is 2.72. The molecule has 0 spiro atoms. The van der Waals surface area contributed by atoms with Crippen molar-refractivity contribution in [1.29, 1.82) is 0 Å². The minimum atomic E-state index is 0.0464. The summed E-state index contributed by atoms with van der Waals surface area (Å²) in [7, 11) is 0. The molecule has 0 amide bonds. The molecular weight excluding hydrogens is 236 g/mol. The first-order chi connectivity index (χ1) is 9.22. The van der Waals surface area contributed by atoms with Gasteiger partial charge in [-0.3, -0.25) is 4.79 Å². The second-order valence-corrected chi connectivity index (χ2v) is 6.51. The highest BCUT2D eigenvalue weighted by molar-refractivity contribution is 5.12. The van der Waals surface area contributed by atoms with E-state index in [4.69, 9.17) is 4.98 Å². The fraction of sp³-hybridized carbons (Fsp3) is 0.750. The van der Waals surface area contributed by atoms with Gasteiger partial charge in [-0.2, -0.15) is 0 Å². The summed E-state index contributed by atoms with van der Waals surface area (Å²) in [6, 6.07) is 1.73. The van der Waals surface area contributed by atoms with Crippen molar-refractivity contribution in [3.05, 3.63) is 27.9 Å². The summed E-state index contributed by atoms with van der Waals surface area (Å²) in [6.07, 6.45) is 9.93. The molecular formula is C16H24N2O. The van der Waals surface area contributed by atoms with Gasteiger partial charge < -0.3 is 4.98 Å². The Balaban J connectivity index is 1.86. The molecule has 0 radical (unpaired) electrons. The molecule has 2 aliphatic rings. The number of hydrogen-bond donors (Lipinski definition) is 1. The van der Waals surface area contributed by atoms with E-state index in [0.717, 1.165) is 17.4 Å². The smallest absolute Gasteiger partial charge is 0.251 e. The van der Waals surface area contributed by atoms with Gasteiger partial charge in [0.25, 0.3) is 5.56 Å². The van der Waals surface area contributed by atoms with Gasteiger partial charge in [0.15, 0.2) is 0 Å². The van der Waals surface area contributed by atoms with Crippen LogP contribution in [0.2, 0.25) is 0 Å². The summed E-state index contributed by atoms with van der Waals surface area (Å²) in [4.78, 5) is 19.7. The Kier molecular flexibility index (Phi) is 3.72. The summed E-state index contributed by atoms with van der Waals surface area (Å²) >= 11 is 0. The molecule has 1 heterocycles. The monoisotopic (exact) mass is 260 g/mol. The zero-order chi connectivity index (χ0) is 13.2. The van der Waals surface area contributed by atoms with Crippen molar-refractivity contribution < 1.29 is 0 Å². The maximum atomic E-state index is 11.9. The Morgan fingerprint density at radius 2 is 1.84 bits per heavy atom. The lowest BCUT2D eigenvalue weighted by Crippen LogP contribution is -2.20. The predicted octanol–water partition coefficient (Wildman–Crippen LogP) is 3.72. The van der Waals surface area contributed by atoms with Crippen molar-refractivity contribution in [3.8, 4) is 0 Å². The number of nitrogens with one attached hydrogen (secondary N) is 1. The Morgan fingerprint density at radius 1 is 1.11 bits per heavy atom. The molecule has 0 bridgehead atoms. The van der Waals surface area contributed by atoms with Crippen LogP contribution in [-0.4, -0.2) is 9.97 Å². The van der Waals surface area contributed by atoms with E-state index in [0.29, 0.717) is 11.8 Å². The van der Waals surface area contributed by atoms with Crippen LogP contribution in [-0.2, 0) is 0 Å². The van der Waals surface area contributed by atoms with Crippen molar-refractivity contribution in [3.63, 3.8) is 0 Å². The SMILES string of the molecule is CC1CCCC(c2nc(C3CCCC3)cc(=O)[nH]2)C1. The second kappa shape index (κ2) is 5.48. The zero-order valence-electron chi connectivity index (χ0n) is 11.8. The van der Waals surface area contributed by atoms with Gasteiger partial charge in [-0.05, 0) is 31.6 Å². The van der Waals surface area contributed by atoms with E-state index in [-0.39, 0.29) is 5.56 Å². The van der Waals surface area contributed by atoms with Gasteiger partial charge in [0.1, 0.15) is 5.82 Å². The first-order valence-electron chi connectivity index (χ1n) is 7.83. The minimum absolute atomic E-state index is 0.0464. The van der Waals surface area contributed by atoms with Gasteiger partial charge in [0.05, 0.1) is 5.69 Å². The molecule has 2 unspecified atom stereocenters. The summed E-state index contributed by atoms with van der Waals surface area (Å²) < 4.78 is 0. The van der Waals surface area contributed by atoms with Crippen LogP contribution in [0.5, 0.6) is 0 Å². The number of rotatable bonds is 2. The lowest BCUT2D eigenvalue weighted by atomic mass is 9.82. The summed E-state index contributed by atoms with van der Waals surface area (Å²) in [5.41, 5.74) is 1.10. The van der Waals surface area contributed by atoms with Crippen molar-refractivity contribution in [2.45, 2.75) is 70.1 Å². The second-order valence-electron chi connectivity index (χ2n) is 6.51. The molecule has 3 rings (SSSR count). The van der Waals surface area contributed by atoms with E-state index in [9.17, 15) is 4.79 Å². The quantitative estimate of drug-likeness (QED) is 0.880. The van der Waals surface area contributed by atoms with Crippen LogP contribution < -0.4 is 5.56 Å². The molecule has 1 aromatic rings. The standard InChI is InChI=1S/C16H24N2O/c1-11-5-4-8-13(9-11)16-17-14(10-15(19)18-16)12-6-2-3-7-12/h10-13H,2-9H2,1H3,(H,17,18,19). The maximum Gasteiger partial charge on any atom is 0.251 e. The molecule has 19 heavy (non-hydrogen) atoms. The number of hydrogen-bond acceptors (Lipinski definition) is 2. The fourth-order valence-corrected chi connectivity index (χ4v) is 3.80. The Morgan fingerprint density at radius 3 is 2.58 bits per heavy atom. The molecule has 0 aliphatic heterocycles. The Labute approximate surface area is 114 Å². The highest BCUT2D eigenvalue weighted by atomic mass is 16.1. The highest BCUT2D eigenvalue weighted by Gasteiger charge is 2.24. The van der Waals surface area contributed by atoms with Crippen LogP contribution in [0.25, 0.3) is 0 Å². The van der Waals surface area contributed by atoms with Crippen LogP contribution in [0.4, 0.5) is 0 Å². The lowest BCUT2D eigenvalue weighted by Gasteiger charge is -2.26. The van der Waals surface area contributed by atoms with Crippen LogP contribution in [0.3, 0.4) is 0 Å². The molecule has 2 aliphatic carbocycles. The first-order valence-corrected chi connectivity index (χ1v) is 7.83. The van der Waals surface area contributed by atoms with Gasteiger partial charge in [-0.1, -0.05) is 32.6 Å². The molecule has 2 atom stereocenters. The van der Waals surface area contributed by atoms with E-state index in [2.05, 4.69) is 11.9 Å². The van der Waals surface area contributed by atoms with E-state index >= 15 is 0 Å². The van der Waals surface area contributed by atoms with Crippen molar-refractivity contribution in [1.82, 2.24) is 9.97 Å². The molecule has 0 saturated heterocycles. The molecule has 2 saturated carbocycles. The first kappa shape index (κ1) is 12.9. The van der Waals surface area contributed by atoms with E-state index < -0.39 is 0 Å². The van der Waals surface area contributed by atoms with Crippen molar-refractivity contribution in [2.75, 3.05) is 0 Å². The van der Waals surface area contributed by atoms with Gasteiger partial charge in [0.2, 0.25) is 0 Å². The van der Waals surface area contributed by atoms with Gasteiger partial charge in [-0.25, -0.2) is 4.98 Å². The summed E-state index contributed by atoms with van der Waals surface area (Å²) in [5, 5.41) is 0. The van der Waals surface area contributed by atoms with Gasteiger partial charge in [-0.15, -0.1) is 0 Å². The zero-order valence-corrected chi connectivity index (χ0v) is 11.8. The predicted molar refractivity (Wildman–Crippen MR) is 76.4 cm³/mol. The number of aromatic amines is 1. The van der Waals surface area contributed by atoms with Crippen molar-refractivity contribution >= 4 is 0 Å². The minimum Gasteiger partial charge on any atom is -0.310 e. The third kappa shape index (κ3) is 2.90. The normalized spacial score (nSPS) is 28.7. The van der Waals surface area contributed by atoms with Gasteiger partial charge in [0, 0.05) is 17.9 Å². The van der Waals surface area contributed by atoms with Crippen molar-refractivity contribution in [2.24, 2.45) is 5.92 Å². The molecule has 104 valence electrons. The molecule has 1 aromatic heterocycles. The largest absolute Gasteiger partial charge is 0.310 e. The number of nitrogens with zero attached hydrogens (tertiary/aromatic N) is 1. The maximum absolute atomic E-state index is 11.9. The molecule has 0 aromatic carbocycles. The molecule has 3 heteroatoms. The lowest BCUT2D eigenvalue weighted by molar-refractivity contribution is 0.334. The summed E-state index contributed by atoms with van der Waals surface area (Å²) in [6.45, 7) is 2.31. The van der Waals surface area contributed by atoms with E-state index in [1.165, 1.54) is 51.4 Å². The molecule has 2 fully saturated rings. The third-order valence-electron chi connectivity index (χ3n) is 4.88. The third-order valence-corrected chi connectivity index (χ3v) is 4.88. The number of aromatic nitrogens is 2. The van der Waals surface area contributed by atoms with Gasteiger partial charge >= 0.3 is 0 Å². The van der Waals surface area contributed by atoms with E-state index in [1.807, 2.05) is 0 Å². The van der Waals surface area contributed by atoms with Crippen LogP contribution >= 0.6 is 0 Å². The Bertz CT molecular complexity index is 488. The van der Waals surface area contributed by atoms with Crippen LogP contribution in [0.1, 0.15) is 81.6 Å². The van der Waals surface area contributed by atoms with E-state index in [1.54, 1.807) is 6.07 Å². The average molecular weight is 260 g/mol. The van der Waals surface area contributed by atoms with Crippen LogP contribution in [0.15, 0.2) is 10.9 Å². The molecule has 3 nitrogen and oxygen atoms in total. The Hall–Kier alpha value is -1.12. The fourth-order valence-electron chi connectivity index (χ4n) is 3.80. The average Bonchev–Trinajstić information content (AvgIpc) is 2.92. The molecule has 1 N–H and O–H groups in total.